The summed E-state index contributed by atoms with van der Waals surface area (Å²) < 4.78 is 6.02. The molecular formula is C12H17IN2O2. The van der Waals surface area contributed by atoms with Crippen molar-refractivity contribution in [3.05, 3.63) is 27.6 Å². The van der Waals surface area contributed by atoms with Crippen molar-refractivity contribution in [2.75, 3.05) is 27.3 Å². The first-order chi connectivity index (χ1) is 8.04. The molecule has 0 aromatic carbocycles. The lowest BCUT2D eigenvalue weighted by Gasteiger charge is -2.21. The van der Waals surface area contributed by atoms with Crippen LogP contribution in [0.25, 0.3) is 0 Å². The van der Waals surface area contributed by atoms with E-state index in [1.165, 1.54) is 0 Å². The van der Waals surface area contributed by atoms with Gasteiger partial charge in [-0.15, -0.1) is 0 Å². The lowest BCUT2D eigenvalue weighted by Crippen LogP contribution is -2.32. The molecule has 1 unspecified atom stereocenters. The van der Waals surface area contributed by atoms with Gasteiger partial charge in [-0.25, -0.2) is 0 Å². The number of pyridine rings is 1. The van der Waals surface area contributed by atoms with E-state index in [0.29, 0.717) is 24.6 Å². The van der Waals surface area contributed by atoms with E-state index in [-0.39, 0.29) is 5.91 Å². The summed E-state index contributed by atoms with van der Waals surface area (Å²) in [6.45, 7) is 3.39. The highest BCUT2D eigenvalue weighted by molar-refractivity contribution is 14.1. The second-order valence-corrected chi connectivity index (χ2v) is 5.38. The van der Waals surface area contributed by atoms with Crippen molar-refractivity contribution in [3.8, 4) is 0 Å². The summed E-state index contributed by atoms with van der Waals surface area (Å²) in [6.07, 6.45) is 3.33. The van der Waals surface area contributed by atoms with Gasteiger partial charge in [-0.3, -0.25) is 9.78 Å². The number of hydrogen-bond donors (Lipinski definition) is 0. The highest BCUT2D eigenvalue weighted by Gasteiger charge is 2.14. The van der Waals surface area contributed by atoms with Gasteiger partial charge in [-0.2, -0.15) is 0 Å². The second kappa shape index (κ2) is 6.90. The molecule has 17 heavy (non-hydrogen) atoms. The van der Waals surface area contributed by atoms with Gasteiger partial charge in [-0.1, -0.05) is 6.92 Å². The predicted molar refractivity (Wildman–Crippen MR) is 75.0 cm³/mol. The molecule has 0 radical (unpaired) electrons. The van der Waals surface area contributed by atoms with E-state index in [4.69, 9.17) is 4.74 Å². The third-order valence-corrected chi connectivity index (χ3v) is 2.93. The Morgan fingerprint density at radius 2 is 2.29 bits per heavy atom. The molecule has 0 saturated heterocycles. The maximum Gasteiger partial charge on any atom is 0.255 e. The summed E-state index contributed by atoms with van der Waals surface area (Å²) >= 11 is 2.15. The van der Waals surface area contributed by atoms with Crippen molar-refractivity contribution < 1.29 is 9.53 Å². The minimum Gasteiger partial charge on any atom is -0.384 e. The van der Waals surface area contributed by atoms with Crippen LogP contribution in [-0.2, 0) is 4.74 Å². The van der Waals surface area contributed by atoms with E-state index in [0.717, 1.165) is 3.57 Å². The normalized spacial score (nSPS) is 12.2. The standard InChI is InChI=1S/C12H17IN2O2/c1-9(8-17-3)7-15(2)12(16)10-4-11(13)6-14-5-10/h4-6,9H,7-8H2,1-3H3. The molecule has 94 valence electrons. The fourth-order valence-corrected chi connectivity index (χ4v) is 2.13. The molecule has 0 aliphatic heterocycles. The third-order valence-electron chi connectivity index (χ3n) is 2.34. The minimum absolute atomic E-state index is 0.000955. The zero-order chi connectivity index (χ0) is 12.8. The number of halogens is 1. The molecule has 1 atom stereocenters. The molecule has 0 bridgehead atoms. The highest BCUT2D eigenvalue weighted by Crippen LogP contribution is 2.09. The number of nitrogens with zero attached hydrogens (tertiary/aromatic N) is 2. The fraction of sp³-hybridized carbons (Fsp3) is 0.500. The van der Waals surface area contributed by atoms with E-state index < -0.39 is 0 Å². The minimum atomic E-state index is -0.000955. The molecule has 5 heteroatoms. The number of rotatable bonds is 5. The maximum atomic E-state index is 12.1. The topological polar surface area (TPSA) is 42.4 Å². The predicted octanol–water partition coefficient (Wildman–Crippen LogP) is 2.04. The number of methoxy groups -OCH3 is 1. The van der Waals surface area contributed by atoms with Gasteiger partial charge in [0.1, 0.15) is 0 Å². The van der Waals surface area contributed by atoms with E-state index in [9.17, 15) is 4.79 Å². The Morgan fingerprint density at radius 3 is 2.88 bits per heavy atom. The summed E-state index contributed by atoms with van der Waals surface area (Å²) in [4.78, 5) is 17.8. The summed E-state index contributed by atoms with van der Waals surface area (Å²) in [7, 11) is 3.47. The lowest BCUT2D eigenvalue weighted by atomic mass is 10.1. The largest absolute Gasteiger partial charge is 0.384 e. The van der Waals surface area contributed by atoms with E-state index in [1.54, 1.807) is 31.5 Å². The fourth-order valence-electron chi connectivity index (χ4n) is 1.64. The van der Waals surface area contributed by atoms with E-state index >= 15 is 0 Å². The third kappa shape index (κ3) is 4.59. The molecule has 1 aromatic rings. The van der Waals surface area contributed by atoms with Gasteiger partial charge < -0.3 is 9.64 Å². The van der Waals surface area contributed by atoms with Gasteiger partial charge in [0.2, 0.25) is 0 Å². The van der Waals surface area contributed by atoms with Crippen molar-refractivity contribution in [2.24, 2.45) is 5.92 Å². The Hall–Kier alpha value is -0.690. The molecule has 0 fully saturated rings. The number of carbonyl (C=O) groups excluding carboxylic acids is 1. The van der Waals surface area contributed by atoms with Crippen LogP contribution >= 0.6 is 22.6 Å². The number of amides is 1. The van der Waals surface area contributed by atoms with Gasteiger partial charge in [0.05, 0.1) is 12.2 Å². The quantitative estimate of drug-likeness (QED) is 0.765. The molecule has 1 heterocycles. The molecule has 1 rings (SSSR count). The van der Waals surface area contributed by atoms with Crippen LogP contribution in [0.3, 0.4) is 0 Å². The molecule has 0 N–H and O–H groups in total. The number of carbonyl (C=O) groups is 1. The number of hydrogen-bond acceptors (Lipinski definition) is 3. The van der Waals surface area contributed by atoms with Crippen molar-refractivity contribution in [2.45, 2.75) is 6.92 Å². The summed E-state index contributed by atoms with van der Waals surface area (Å²) in [5, 5.41) is 0. The van der Waals surface area contributed by atoms with Crippen LogP contribution in [0.4, 0.5) is 0 Å². The molecule has 1 amide bonds. The van der Waals surface area contributed by atoms with Crippen molar-refractivity contribution >= 4 is 28.5 Å². The Bertz CT molecular complexity index is 385. The monoisotopic (exact) mass is 348 g/mol. The molecular weight excluding hydrogens is 331 g/mol. The van der Waals surface area contributed by atoms with Gasteiger partial charge in [0.25, 0.3) is 5.91 Å². The first-order valence-electron chi connectivity index (χ1n) is 5.39. The first kappa shape index (κ1) is 14.4. The van der Waals surface area contributed by atoms with Crippen LogP contribution < -0.4 is 0 Å². The van der Waals surface area contributed by atoms with Crippen LogP contribution in [0, 0.1) is 9.49 Å². The van der Waals surface area contributed by atoms with Crippen LogP contribution in [-0.4, -0.2) is 43.1 Å². The Balaban J connectivity index is 2.63. The van der Waals surface area contributed by atoms with Crippen molar-refractivity contribution in [1.29, 1.82) is 0 Å². The van der Waals surface area contributed by atoms with Crippen molar-refractivity contribution in [1.82, 2.24) is 9.88 Å². The molecule has 4 nitrogen and oxygen atoms in total. The molecule has 1 aromatic heterocycles. The SMILES string of the molecule is COCC(C)CN(C)C(=O)c1cncc(I)c1. The highest BCUT2D eigenvalue weighted by atomic mass is 127. The Kier molecular flexibility index (Phi) is 5.84. The van der Waals surface area contributed by atoms with Gasteiger partial charge >= 0.3 is 0 Å². The van der Waals surface area contributed by atoms with Gasteiger partial charge in [0, 0.05) is 36.7 Å². The van der Waals surface area contributed by atoms with Gasteiger partial charge in [0.15, 0.2) is 0 Å². The average molecular weight is 348 g/mol. The van der Waals surface area contributed by atoms with E-state index in [2.05, 4.69) is 34.5 Å². The lowest BCUT2D eigenvalue weighted by molar-refractivity contribution is 0.0735. The molecule has 0 aliphatic rings. The Labute approximate surface area is 116 Å². The smallest absolute Gasteiger partial charge is 0.255 e. The summed E-state index contributed by atoms with van der Waals surface area (Å²) in [6, 6.07) is 1.84. The number of ether oxygens (including phenoxy) is 1. The summed E-state index contributed by atoms with van der Waals surface area (Å²) in [5.74, 6) is 0.323. The van der Waals surface area contributed by atoms with Crippen LogP contribution in [0.2, 0.25) is 0 Å². The van der Waals surface area contributed by atoms with Crippen molar-refractivity contribution in [3.63, 3.8) is 0 Å². The maximum absolute atomic E-state index is 12.1. The van der Waals surface area contributed by atoms with Gasteiger partial charge in [-0.05, 0) is 34.6 Å². The molecule has 0 aliphatic carbocycles. The zero-order valence-corrected chi connectivity index (χ0v) is 12.5. The van der Waals surface area contributed by atoms with Crippen LogP contribution in [0.15, 0.2) is 18.5 Å². The van der Waals surface area contributed by atoms with Crippen LogP contribution in [0.1, 0.15) is 17.3 Å². The average Bonchev–Trinajstić information content (AvgIpc) is 2.28. The zero-order valence-electron chi connectivity index (χ0n) is 10.3. The van der Waals surface area contributed by atoms with Crippen LogP contribution in [0.5, 0.6) is 0 Å². The first-order valence-corrected chi connectivity index (χ1v) is 6.47. The van der Waals surface area contributed by atoms with E-state index in [1.807, 2.05) is 6.07 Å². The molecule has 0 saturated carbocycles. The summed E-state index contributed by atoms with van der Waals surface area (Å²) in [5.41, 5.74) is 0.629. The molecule has 0 spiro atoms. The Morgan fingerprint density at radius 1 is 1.59 bits per heavy atom. The number of aromatic nitrogens is 1. The second-order valence-electron chi connectivity index (χ2n) is 4.14.